The predicted molar refractivity (Wildman–Crippen MR) is 233 cm³/mol. The third-order valence-corrected chi connectivity index (χ3v) is 13.6. The van der Waals surface area contributed by atoms with Crippen molar-refractivity contribution in [1.29, 1.82) is 0 Å². The molecule has 0 unspecified atom stereocenters. The molecule has 37 heteroatoms. The highest BCUT2D eigenvalue weighted by Crippen LogP contribution is 2.54. The summed E-state index contributed by atoms with van der Waals surface area (Å²) in [6, 6.07) is 0. The Hall–Kier alpha value is -9.61. The molecule has 0 bridgehead atoms. The van der Waals surface area contributed by atoms with Gasteiger partial charge >= 0.3 is 0 Å². The van der Waals surface area contributed by atoms with Gasteiger partial charge in [0.25, 0.3) is 0 Å². The van der Waals surface area contributed by atoms with Crippen molar-refractivity contribution in [2.45, 2.75) is 6.92 Å². The molecule has 0 aliphatic heterocycles. The van der Waals surface area contributed by atoms with Gasteiger partial charge in [-0.2, -0.15) is 0 Å². The number of halogens is 37. The smallest absolute Gasteiger partial charge is 0.200 e. The molecule has 0 heterocycles. The molecule has 0 saturated carbocycles. The molecule has 0 spiro atoms. The van der Waals surface area contributed by atoms with Crippen LogP contribution in [0.1, 0.15) is 5.56 Å². The molecular weight excluding hydrogens is 1360 g/mol. The van der Waals surface area contributed by atoms with E-state index in [1.807, 2.05) is 0 Å². The summed E-state index contributed by atoms with van der Waals surface area (Å²) in [5, 5.41) is 0. The molecule has 0 aromatic heterocycles. The highest BCUT2D eigenvalue weighted by Gasteiger charge is 2.46. The Kier molecular flexibility index (Phi) is 16.4. The Morgan fingerprint density at radius 2 is 0.163 bits per heavy atom. The first-order valence-electron chi connectivity index (χ1n) is 23.0. The zero-order valence-corrected chi connectivity index (χ0v) is 42.0. The highest BCUT2D eigenvalue weighted by molar-refractivity contribution is 5.91. The average molecular weight is 1370 g/mol. The second-order valence-electron chi connectivity index (χ2n) is 18.2. The zero-order valence-electron chi connectivity index (χ0n) is 42.0. The molecule has 0 aliphatic rings. The zero-order chi connectivity index (χ0) is 69.2. The molecule has 0 saturated heterocycles. The van der Waals surface area contributed by atoms with Crippen LogP contribution in [0.4, 0.5) is 162 Å². The van der Waals surface area contributed by atoms with Gasteiger partial charge in [0.1, 0.15) is 40.7 Å². The minimum atomic E-state index is -4.12. The molecule has 0 atom stereocenters. The lowest BCUT2D eigenvalue weighted by Crippen LogP contribution is -2.15. The lowest BCUT2D eigenvalue weighted by Gasteiger charge is -2.23. The summed E-state index contributed by atoms with van der Waals surface area (Å²) in [7, 11) is 0. The monoisotopic (exact) mass is 1370 g/mol. The predicted octanol–water partition coefficient (Wildman–Crippen LogP) is 20.5. The van der Waals surface area contributed by atoms with E-state index in [-0.39, 0.29) is 6.92 Å². The molecule has 9 aromatic carbocycles. The van der Waals surface area contributed by atoms with Crippen LogP contribution in [0, 0.1) is 222 Å². The Morgan fingerprint density at radius 1 is 0.0870 bits per heavy atom. The third-order valence-electron chi connectivity index (χ3n) is 13.6. The van der Waals surface area contributed by atoms with Crippen molar-refractivity contribution in [2.75, 3.05) is 0 Å². The van der Waals surface area contributed by atoms with Crippen LogP contribution in [0.5, 0.6) is 0 Å². The van der Waals surface area contributed by atoms with Crippen LogP contribution in [-0.4, -0.2) is 0 Å². The van der Waals surface area contributed by atoms with Gasteiger partial charge in [-0.15, -0.1) is 0 Å². The van der Waals surface area contributed by atoms with E-state index in [2.05, 4.69) is 0 Å². The Balaban J connectivity index is 1.56. The number of hydrogen-bond donors (Lipinski definition) is 0. The first-order valence-corrected chi connectivity index (χ1v) is 23.0. The second-order valence-corrected chi connectivity index (χ2v) is 18.2. The van der Waals surface area contributed by atoms with Crippen molar-refractivity contribution in [2.24, 2.45) is 0 Å². The number of benzene rings is 9. The van der Waals surface area contributed by atoms with Gasteiger partial charge in [-0.25, -0.2) is 162 Å². The molecule has 0 aliphatic carbocycles. The maximum absolute atomic E-state index is 17.7. The van der Waals surface area contributed by atoms with E-state index in [0.29, 0.717) is 0 Å². The Bertz CT molecular complexity index is 4520. The van der Waals surface area contributed by atoms with Gasteiger partial charge in [-0.3, -0.25) is 0 Å². The molecular formula is C55H3F37. The fourth-order valence-electron chi connectivity index (χ4n) is 9.38. The van der Waals surface area contributed by atoms with Crippen molar-refractivity contribution in [3.05, 3.63) is 221 Å². The van der Waals surface area contributed by atoms with Crippen molar-refractivity contribution >= 4 is 0 Å². The van der Waals surface area contributed by atoms with E-state index in [4.69, 9.17) is 0 Å². The fraction of sp³-hybridized carbons (Fsp3) is 0.0182. The van der Waals surface area contributed by atoms with Crippen molar-refractivity contribution in [3.8, 4) is 89.0 Å². The minimum Gasteiger partial charge on any atom is -0.206 e. The summed E-state index contributed by atoms with van der Waals surface area (Å²) in [5.41, 5.74) is -56.9. The van der Waals surface area contributed by atoms with Gasteiger partial charge < -0.3 is 0 Å². The Morgan fingerprint density at radius 3 is 0.304 bits per heavy atom. The topological polar surface area (TPSA) is 0 Å². The van der Waals surface area contributed by atoms with Crippen LogP contribution in [0.2, 0.25) is 0 Å². The van der Waals surface area contributed by atoms with E-state index in [9.17, 15) is 70.2 Å². The quantitative estimate of drug-likeness (QED) is 0.0808. The average Bonchev–Trinajstić information content (AvgIpc) is 0.716. The van der Waals surface area contributed by atoms with Gasteiger partial charge in [0.05, 0.1) is 83.5 Å². The number of hydrogen-bond acceptors (Lipinski definition) is 0. The van der Waals surface area contributed by atoms with Crippen LogP contribution in [-0.2, 0) is 0 Å². The van der Waals surface area contributed by atoms with Crippen LogP contribution in [0.3, 0.4) is 0 Å². The van der Waals surface area contributed by atoms with Crippen LogP contribution in [0.15, 0.2) is 0 Å². The van der Waals surface area contributed by atoms with Crippen LogP contribution in [0.25, 0.3) is 89.0 Å². The van der Waals surface area contributed by atoms with Crippen molar-refractivity contribution < 1.29 is 162 Å². The van der Waals surface area contributed by atoms with Crippen molar-refractivity contribution in [1.82, 2.24) is 0 Å². The van der Waals surface area contributed by atoms with Crippen molar-refractivity contribution in [3.63, 3.8) is 0 Å². The summed E-state index contributed by atoms with van der Waals surface area (Å²) in [4.78, 5) is 0. The van der Waals surface area contributed by atoms with E-state index >= 15 is 92.2 Å². The maximum Gasteiger partial charge on any atom is 0.200 e. The summed E-state index contributed by atoms with van der Waals surface area (Å²) in [6.07, 6.45) is 0. The number of rotatable bonds is 8. The third kappa shape index (κ3) is 8.92. The molecule has 0 fully saturated rings. The molecule has 0 N–H and O–H groups in total. The maximum atomic E-state index is 17.7. The first kappa shape index (κ1) is 66.8. The van der Waals surface area contributed by atoms with E-state index in [1.54, 1.807) is 0 Å². The molecule has 0 radical (unpaired) electrons. The van der Waals surface area contributed by atoms with E-state index < -0.39 is 310 Å². The van der Waals surface area contributed by atoms with Crippen LogP contribution >= 0.6 is 0 Å². The lowest BCUT2D eigenvalue weighted by atomic mass is 9.84. The summed E-state index contributed by atoms with van der Waals surface area (Å²) in [5.74, 6) is -133. The second kappa shape index (κ2) is 22.6. The first-order chi connectivity index (χ1) is 42.6. The normalized spacial score (nSPS) is 11.8. The molecule has 9 aromatic rings. The van der Waals surface area contributed by atoms with Crippen LogP contribution < -0.4 is 0 Å². The molecule has 482 valence electrons. The van der Waals surface area contributed by atoms with E-state index in [1.165, 1.54) is 0 Å². The highest BCUT2D eigenvalue weighted by atomic mass is 19.2. The SMILES string of the molecule is Cc1c(F)c(-c2c(F)c(-c3c(F)c(F)c(F)c(F)c3F)c(F)c(-c3c(F)c(-c4c(F)c(F)c(-c5c(F)c(F)c(F)c(F)c5F)c(F)c4F)c(F)c(-c4c(F)c(F)c(-c5c(F)c(F)c(F)c(F)c5F)c(F)c4F)c3F)c2F)c(F)c(F)c1-c1c(F)c(F)c(F)c(F)c1F. The van der Waals surface area contributed by atoms with Gasteiger partial charge in [0.2, 0.25) is 23.3 Å². The summed E-state index contributed by atoms with van der Waals surface area (Å²) < 4.78 is 578. The van der Waals surface area contributed by atoms with E-state index in [0.717, 1.165) is 0 Å². The Labute approximate surface area is 478 Å². The van der Waals surface area contributed by atoms with Gasteiger partial charge in [0, 0.05) is 5.56 Å². The lowest BCUT2D eigenvalue weighted by molar-refractivity contribution is 0.379. The largest absolute Gasteiger partial charge is 0.206 e. The van der Waals surface area contributed by atoms with Gasteiger partial charge in [0.15, 0.2) is 151 Å². The molecule has 0 nitrogen and oxygen atoms in total. The molecule has 9 rings (SSSR count). The fourth-order valence-corrected chi connectivity index (χ4v) is 9.38. The summed E-state index contributed by atoms with van der Waals surface area (Å²) in [6.45, 7) is -0.227. The van der Waals surface area contributed by atoms with Gasteiger partial charge in [-0.05, 0) is 12.5 Å². The minimum absolute atomic E-state index is 0.227. The summed E-state index contributed by atoms with van der Waals surface area (Å²) >= 11 is 0. The molecule has 92 heavy (non-hydrogen) atoms. The molecule has 0 amide bonds. The van der Waals surface area contributed by atoms with Gasteiger partial charge in [-0.1, -0.05) is 0 Å². The standard InChI is InChI=1S/C55H3F37/c1-2-3(4-36(73)44(81)52(89)45(82)37(4)74)26(63)27(64)5(19(2)56)6-20(57)7(24(61)11(21(6)58)14-38(75)46(83)53(90)47(84)39(14)76)8-22(59)9(12-28(65)32(69)15(33(70)29(12)66)17-40(77)48(85)54(91)49(86)41(17)78)25(62)10(23(8)60)13-30(67)34(71)16(35(72)31(13)68)18-42(79)50(87)55(92)51(88)43(18)80/h1H3.